The van der Waals surface area contributed by atoms with Gasteiger partial charge >= 0.3 is 0 Å². The Balaban J connectivity index is 1.61. The van der Waals surface area contributed by atoms with Gasteiger partial charge in [0.15, 0.2) is 0 Å². The SMILES string of the molecule is COc1cccc(NC(=O)c2oc3ccccc3c2NC(=O)C=Cc2ccccc2)c1. The van der Waals surface area contributed by atoms with Gasteiger partial charge in [0.05, 0.1) is 7.11 Å². The van der Waals surface area contributed by atoms with E-state index >= 15 is 0 Å². The summed E-state index contributed by atoms with van der Waals surface area (Å²) in [6.45, 7) is 0. The number of ether oxygens (including phenoxy) is 1. The number of carbonyl (C=O) groups is 2. The molecule has 0 radical (unpaired) electrons. The minimum Gasteiger partial charge on any atom is -0.497 e. The van der Waals surface area contributed by atoms with Gasteiger partial charge in [0.1, 0.15) is 17.0 Å². The first-order valence-electron chi connectivity index (χ1n) is 9.65. The first-order valence-corrected chi connectivity index (χ1v) is 9.65. The van der Waals surface area contributed by atoms with E-state index in [1.165, 1.54) is 6.08 Å². The predicted molar refractivity (Wildman–Crippen MR) is 121 cm³/mol. The topological polar surface area (TPSA) is 80.6 Å². The Morgan fingerprint density at radius 3 is 2.48 bits per heavy atom. The summed E-state index contributed by atoms with van der Waals surface area (Å²) in [5.41, 5.74) is 2.26. The number of fused-ring (bicyclic) bond motifs is 1. The van der Waals surface area contributed by atoms with Crippen LogP contribution in [-0.2, 0) is 4.79 Å². The molecule has 1 heterocycles. The largest absolute Gasteiger partial charge is 0.497 e. The molecule has 0 aliphatic heterocycles. The average molecular weight is 412 g/mol. The molecule has 4 aromatic rings. The molecule has 0 saturated carbocycles. The molecule has 1 aromatic heterocycles. The van der Waals surface area contributed by atoms with Crippen LogP contribution in [0, 0.1) is 0 Å². The summed E-state index contributed by atoms with van der Waals surface area (Å²) >= 11 is 0. The number of rotatable bonds is 6. The van der Waals surface area contributed by atoms with E-state index in [1.54, 1.807) is 55.7 Å². The Morgan fingerprint density at radius 2 is 1.68 bits per heavy atom. The highest BCUT2D eigenvalue weighted by atomic mass is 16.5. The van der Waals surface area contributed by atoms with Crippen LogP contribution in [0.5, 0.6) is 5.75 Å². The van der Waals surface area contributed by atoms with E-state index in [-0.39, 0.29) is 11.7 Å². The zero-order valence-corrected chi connectivity index (χ0v) is 16.8. The first kappa shape index (κ1) is 20.0. The molecule has 0 atom stereocenters. The quantitative estimate of drug-likeness (QED) is 0.419. The number of methoxy groups -OCH3 is 1. The van der Waals surface area contributed by atoms with Crippen LogP contribution in [0.25, 0.3) is 17.0 Å². The lowest BCUT2D eigenvalue weighted by Crippen LogP contribution is -2.15. The van der Waals surface area contributed by atoms with Gasteiger partial charge in [-0.15, -0.1) is 0 Å². The van der Waals surface area contributed by atoms with Crippen LogP contribution in [0.3, 0.4) is 0 Å². The number of furan rings is 1. The van der Waals surface area contributed by atoms with Gasteiger partial charge in [0, 0.05) is 23.2 Å². The van der Waals surface area contributed by atoms with E-state index in [2.05, 4.69) is 10.6 Å². The lowest BCUT2D eigenvalue weighted by molar-refractivity contribution is -0.111. The van der Waals surface area contributed by atoms with Gasteiger partial charge in [-0.3, -0.25) is 9.59 Å². The minimum atomic E-state index is -0.480. The fourth-order valence-electron chi connectivity index (χ4n) is 3.12. The molecule has 6 nitrogen and oxygen atoms in total. The number of hydrogen-bond donors (Lipinski definition) is 2. The van der Waals surface area contributed by atoms with Crippen molar-refractivity contribution in [3.8, 4) is 5.75 Å². The molecule has 0 bridgehead atoms. The van der Waals surface area contributed by atoms with Gasteiger partial charge in [-0.2, -0.15) is 0 Å². The van der Waals surface area contributed by atoms with Gasteiger partial charge in [-0.1, -0.05) is 48.5 Å². The molecule has 0 saturated heterocycles. The Kier molecular flexibility index (Phi) is 5.80. The highest BCUT2D eigenvalue weighted by molar-refractivity contribution is 6.16. The monoisotopic (exact) mass is 412 g/mol. The Hall–Kier alpha value is -4.32. The van der Waals surface area contributed by atoms with Crippen LogP contribution in [0.15, 0.2) is 89.4 Å². The minimum absolute atomic E-state index is 0.0190. The smallest absolute Gasteiger partial charge is 0.293 e. The molecule has 154 valence electrons. The lowest BCUT2D eigenvalue weighted by Gasteiger charge is -2.07. The summed E-state index contributed by atoms with van der Waals surface area (Å²) in [6.07, 6.45) is 3.12. The molecule has 0 aliphatic carbocycles. The molecule has 0 unspecified atom stereocenters. The molecule has 31 heavy (non-hydrogen) atoms. The Labute approximate surface area is 179 Å². The Morgan fingerprint density at radius 1 is 0.903 bits per heavy atom. The molecule has 3 aromatic carbocycles. The summed E-state index contributed by atoms with van der Waals surface area (Å²) in [6, 6.07) is 23.6. The van der Waals surface area contributed by atoms with Crippen LogP contribution in [0.2, 0.25) is 0 Å². The third-order valence-electron chi connectivity index (χ3n) is 4.60. The van der Waals surface area contributed by atoms with Crippen LogP contribution in [0.1, 0.15) is 16.1 Å². The van der Waals surface area contributed by atoms with Crippen molar-refractivity contribution in [2.75, 3.05) is 17.7 Å². The summed E-state index contributed by atoms with van der Waals surface area (Å²) in [4.78, 5) is 25.5. The molecule has 0 spiro atoms. The highest BCUT2D eigenvalue weighted by Crippen LogP contribution is 2.31. The molecule has 2 N–H and O–H groups in total. The maximum absolute atomic E-state index is 13.0. The van der Waals surface area contributed by atoms with E-state index < -0.39 is 5.91 Å². The zero-order chi connectivity index (χ0) is 21.6. The number of amides is 2. The Bertz CT molecular complexity index is 1260. The van der Waals surface area contributed by atoms with Crippen molar-refractivity contribution in [3.63, 3.8) is 0 Å². The van der Waals surface area contributed by atoms with Crippen molar-refractivity contribution >= 4 is 40.2 Å². The number of carbonyl (C=O) groups excluding carboxylic acids is 2. The lowest BCUT2D eigenvalue weighted by atomic mass is 10.2. The number of nitrogens with one attached hydrogen (secondary N) is 2. The van der Waals surface area contributed by atoms with Gasteiger partial charge in [0.2, 0.25) is 11.7 Å². The number of anilines is 2. The normalized spacial score (nSPS) is 10.9. The van der Waals surface area contributed by atoms with Gasteiger partial charge in [-0.05, 0) is 35.9 Å². The van der Waals surface area contributed by atoms with Crippen molar-refractivity contribution < 1.29 is 18.7 Å². The molecule has 0 fully saturated rings. The maximum atomic E-state index is 13.0. The third-order valence-corrected chi connectivity index (χ3v) is 4.60. The van der Waals surface area contributed by atoms with E-state index in [1.807, 2.05) is 36.4 Å². The van der Waals surface area contributed by atoms with Crippen molar-refractivity contribution in [2.45, 2.75) is 0 Å². The summed E-state index contributed by atoms with van der Waals surface area (Å²) < 4.78 is 11.0. The van der Waals surface area contributed by atoms with Crippen molar-refractivity contribution in [1.82, 2.24) is 0 Å². The van der Waals surface area contributed by atoms with Crippen LogP contribution < -0.4 is 15.4 Å². The third kappa shape index (κ3) is 4.64. The number of hydrogen-bond acceptors (Lipinski definition) is 4. The second kappa shape index (κ2) is 9.00. The number of benzene rings is 3. The van der Waals surface area contributed by atoms with E-state index in [4.69, 9.17) is 9.15 Å². The molecular formula is C25H20N2O4. The highest BCUT2D eigenvalue weighted by Gasteiger charge is 2.22. The van der Waals surface area contributed by atoms with E-state index in [0.29, 0.717) is 28.1 Å². The molecule has 4 rings (SSSR count). The standard InChI is InChI=1S/C25H20N2O4/c1-30-19-11-7-10-18(16-19)26-25(29)24-23(20-12-5-6-13-21(20)31-24)27-22(28)15-14-17-8-3-2-4-9-17/h2-16H,1H3,(H,26,29)(H,27,28). The second-order valence-electron chi connectivity index (χ2n) is 6.72. The van der Waals surface area contributed by atoms with Crippen molar-refractivity contribution in [1.29, 1.82) is 0 Å². The van der Waals surface area contributed by atoms with Gasteiger partial charge < -0.3 is 19.8 Å². The number of para-hydroxylation sites is 1. The van der Waals surface area contributed by atoms with Crippen molar-refractivity contribution in [2.24, 2.45) is 0 Å². The second-order valence-corrected chi connectivity index (χ2v) is 6.72. The predicted octanol–water partition coefficient (Wildman–Crippen LogP) is 5.35. The van der Waals surface area contributed by atoms with Crippen LogP contribution in [-0.4, -0.2) is 18.9 Å². The van der Waals surface area contributed by atoms with Crippen molar-refractivity contribution in [3.05, 3.63) is 96.3 Å². The van der Waals surface area contributed by atoms with Crippen LogP contribution in [0.4, 0.5) is 11.4 Å². The average Bonchev–Trinajstić information content (AvgIpc) is 3.17. The van der Waals surface area contributed by atoms with Gasteiger partial charge in [-0.25, -0.2) is 0 Å². The summed E-state index contributed by atoms with van der Waals surface area (Å²) in [5, 5.41) is 6.21. The first-order chi connectivity index (χ1) is 15.1. The molecule has 2 amide bonds. The molecule has 0 aliphatic rings. The van der Waals surface area contributed by atoms with E-state index in [0.717, 1.165) is 5.56 Å². The molecular weight excluding hydrogens is 392 g/mol. The molecule has 6 heteroatoms. The maximum Gasteiger partial charge on any atom is 0.293 e. The van der Waals surface area contributed by atoms with E-state index in [9.17, 15) is 9.59 Å². The zero-order valence-electron chi connectivity index (χ0n) is 16.8. The fraction of sp³-hybridized carbons (Fsp3) is 0.0400. The van der Waals surface area contributed by atoms with Crippen LogP contribution >= 0.6 is 0 Å². The fourth-order valence-corrected chi connectivity index (χ4v) is 3.12. The summed E-state index contributed by atoms with van der Waals surface area (Å²) in [5.74, 6) is -0.218. The van der Waals surface area contributed by atoms with Gasteiger partial charge in [0.25, 0.3) is 5.91 Å². The summed E-state index contributed by atoms with van der Waals surface area (Å²) in [7, 11) is 1.55.